The van der Waals surface area contributed by atoms with Crippen molar-refractivity contribution in [2.45, 2.75) is 70.9 Å². The minimum atomic E-state index is -0.824. The van der Waals surface area contributed by atoms with E-state index in [1.54, 1.807) is 17.0 Å². The second kappa shape index (κ2) is 9.75. The Morgan fingerprint density at radius 2 is 1.79 bits per heavy atom. The van der Waals surface area contributed by atoms with E-state index < -0.39 is 22.3 Å². The van der Waals surface area contributed by atoms with Crippen molar-refractivity contribution >= 4 is 17.9 Å². The Hall–Kier alpha value is -3.19. The van der Waals surface area contributed by atoms with Crippen LogP contribution in [-0.2, 0) is 9.47 Å². The Balaban J connectivity index is 1.79. The highest BCUT2D eigenvalue weighted by Gasteiger charge is 2.51. The van der Waals surface area contributed by atoms with Crippen LogP contribution in [0.4, 0.5) is 10.5 Å². The molecule has 0 spiro atoms. The van der Waals surface area contributed by atoms with Gasteiger partial charge in [-0.05, 0) is 70.7 Å². The highest BCUT2D eigenvalue weighted by Crippen LogP contribution is 2.43. The molecule has 0 aliphatic carbocycles. The normalized spacial score (nSPS) is 20.2. The van der Waals surface area contributed by atoms with Gasteiger partial charge in [0.05, 0.1) is 11.0 Å². The molecule has 2 atom stereocenters. The van der Waals surface area contributed by atoms with Crippen LogP contribution in [-0.4, -0.2) is 33.3 Å². The summed E-state index contributed by atoms with van der Waals surface area (Å²) in [5.74, 6) is 0. The van der Waals surface area contributed by atoms with E-state index in [9.17, 15) is 14.9 Å². The lowest BCUT2D eigenvalue weighted by atomic mass is 9.97. The van der Waals surface area contributed by atoms with Crippen LogP contribution >= 0.6 is 0 Å². The van der Waals surface area contributed by atoms with Crippen LogP contribution in [0.5, 0.6) is 0 Å². The molecule has 0 saturated carbocycles. The van der Waals surface area contributed by atoms with Crippen LogP contribution < -0.4 is 0 Å². The number of allylic oxidation sites excluding steroid dienone is 1. The zero-order chi connectivity index (χ0) is 24.2. The first-order chi connectivity index (χ1) is 15.5. The molecule has 7 heteroatoms. The third-order valence-electron chi connectivity index (χ3n) is 5.44. The third-order valence-corrected chi connectivity index (χ3v) is 5.44. The predicted molar refractivity (Wildman–Crippen MR) is 128 cm³/mol. The Labute approximate surface area is 195 Å². The quantitative estimate of drug-likeness (QED) is 0.369. The van der Waals surface area contributed by atoms with Gasteiger partial charge in [-0.2, -0.15) is 0 Å². The molecular formula is C26H32N2O5. The zero-order valence-corrected chi connectivity index (χ0v) is 19.9. The van der Waals surface area contributed by atoms with E-state index in [4.69, 9.17) is 9.47 Å². The molecule has 2 aromatic rings. The van der Waals surface area contributed by atoms with Gasteiger partial charge in [0.15, 0.2) is 0 Å². The van der Waals surface area contributed by atoms with Gasteiger partial charge in [-0.1, -0.05) is 42.5 Å². The average molecular weight is 453 g/mol. The number of carbonyl (C=O) groups excluding carboxylic acids is 1. The maximum absolute atomic E-state index is 13.2. The largest absolute Gasteiger partial charge is 0.444 e. The number of amides is 1. The van der Waals surface area contributed by atoms with Crippen LogP contribution in [0.1, 0.15) is 64.7 Å². The molecule has 176 valence electrons. The number of hydrogen-bond donors (Lipinski definition) is 0. The Morgan fingerprint density at radius 1 is 1.15 bits per heavy atom. The maximum Gasteiger partial charge on any atom is 0.412 e. The number of non-ortho nitro benzene ring substituents is 1. The highest BCUT2D eigenvalue weighted by atomic mass is 16.6. The molecule has 33 heavy (non-hydrogen) atoms. The number of nitrogens with zero attached hydrogens (tertiary/aromatic N) is 2. The van der Waals surface area contributed by atoms with Gasteiger partial charge in [0.1, 0.15) is 17.4 Å². The van der Waals surface area contributed by atoms with Crippen molar-refractivity contribution in [1.82, 2.24) is 4.90 Å². The lowest BCUT2D eigenvalue weighted by Crippen LogP contribution is -2.49. The number of ether oxygens (including phenoxy) is 2. The van der Waals surface area contributed by atoms with Crippen LogP contribution in [0, 0.1) is 10.1 Å². The minimum absolute atomic E-state index is 0.0659. The molecular weight excluding hydrogens is 420 g/mol. The van der Waals surface area contributed by atoms with Crippen LogP contribution in [0.25, 0.3) is 6.08 Å². The van der Waals surface area contributed by atoms with Crippen molar-refractivity contribution < 1.29 is 19.2 Å². The highest BCUT2D eigenvalue weighted by molar-refractivity contribution is 5.70. The van der Waals surface area contributed by atoms with Crippen LogP contribution in [0.15, 0.2) is 60.7 Å². The van der Waals surface area contributed by atoms with Gasteiger partial charge >= 0.3 is 6.09 Å². The maximum atomic E-state index is 13.2. The molecule has 0 bridgehead atoms. The van der Waals surface area contributed by atoms with Crippen molar-refractivity contribution in [2.24, 2.45) is 0 Å². The fourth-order valence-electron chi connectivity index (χ4n) is 4.05. The number of nitro benzene ring substituents is 1. The van der Waals surface area contributed by atoms with Gasteiger partial charge in [-0.3, -0.25) is 15.0 Å². The van der Waals surface area contributed by atoms with E-state index in [-0.39, 0.29) is 17.8 Å². The summed E-state index contributed by atoms with van der Waals surface area (Å²) in [5, 5.41) is 10.8. The standard InChI is InChI=1S/C26H32N2O5/c1-25(2,3)33-24(29)27-22(23(32-26(27,4)5)20-12-7-6-8-13-20)14-10-9-11-19-15-17-21(18-16-19)28(30)31/h6-9,11-13,15-18,22-23H,10,14H2,1-5H3/b11-9-/t22-,23-/m1/s1. The van der Waals surface area contributed by atoms with Crippen molar-refractivity contribution in [3.63, 3.8) is 0 Å². The smallest absolute Gasteiger partial charge is 0.412 e. The van der Waals surface area contributed by atoms with Gasteiger partial charge in [0.2, 0.25) is 0 Å². The predicted octanol–water partition coefficient (Wildman–Crippen LogP) is 6.50. The summed E-state index contributed by atoms with van der Waals surface area (Å²) in [6, 6.07) is 16.1. The summed E-state index contributed by atoms with van der Waals surface area (Å²) >= 11 is 0. The Kier molecular flexibility index (Phi) is 7.22. The van der Waals surface area contributed by atoms with Crippen molar-refractivity contribution in [1.29, 1.82) is 0 Å². The van der Waals surface area contributed by atoms with Gasteiger partial charge in [0, 0.05) is 12.1 Å². The summed E-state index contributed by atoms with van der Waals surface area (Å²) in [7, 11) is 0. The number of rotatable bonds is 6. The van der Waals surface area contributed by atoms with E-state index in [0.717, 1.165) is 11.1 Å². The second-order valence-corrected chi connectivity index (χ2v) is 9.64. The molecule has 1 fully saturated rings. The first kappa shape index (κ1) is 24.5. The first-order valence-corrected chi connectivity index (χ1v) is 11.1. The number of nitro groups is 1. The summed E-state index contributed by atoms with van der Waals surface area (Å²) in [4.78, 5) is 25.3. The van der Waals surface area contributed by atoms with Crippen molar-refractivity contribution in [3.8, 4) is 0 Å². The second-order valence-electron chi connectivity index (χ2n) is 9.64. The molecule has 1 aliphatic heterocycles. The van der Waals surface area contributed by atoms with E-state index in [1.165, 1.54) is 12.1 Å². The summed E-state index contributed by atoms with van der Waals surface area (Å²) in [6.07, 6.45) is 4.65. The van der Waals surface area contributed by atoms with E-state index in [1.807, 2.05) is 77.1 Å². The molecule has 2 aromatic carbocycles. The lowest BCUT2D eigenvalue weighted by Gasteiger charge is -2.35. The molecule has 0 aromatic heterocycles. The first-order valence-electron chi connectivity index (χ1n) is 11.1. The molecule has 3 rings (SSSR count). The summed E-state index contributed by atoms with van der Waals surface area (Å²) < 4.78 is 12.1. The van der Waals surface area contributed by atoms with E-state index in [0.29, 0.717) is 12.8 Å². The number of benzene rings is 2. The van der Waals surface area contributed by atoms with E-state index in [2.05, 4.69) is 0 Å². The molecule has 1 saturated heterocycles. The topological polar surface area (TPSA) is 81.9 Å². The molecule has 0 unspecified atom stereocenters. The lowest BCUT2D eigenvalue weighted by molar-refractivity contribution is -0.384. The van der Waals surface area contributed by atoms with Crippen LogP contribution in [0.3, 0.4) is 0 Å². The van der Waals surface area contributed by atoms with Gasteiger partial charge in [-0.15, -0.1) is 0 Å². The van der Waals surface area contributed by atoms with Crippen molar-refractivity contribution in [3.05, 3.63) is 81.9 Å². The fourth-order valence-corrected chi connectivity index (χ4v) is 4.05. The Bertz CT molecular complexity index is 994. The molecule has 7 nitrogen and oxygen atoms in total. The monoisotopic (exact) mass is 452 g/mol. The molecule has 0 radical (unpaired) electrons. The number of carbonyl (C=O) groups is 1. The zero-order valence-electron chi connectivity index (χ0n) is 19.9. The Morgan fingerprint density at radius 3 is 2.36 bits per heavy atom. The molecule has 1 heterocycles. The molecule has 0 N–H and O–H groups in total. The van der Waals surface area contributed by atoms with E-state index >= 15 is 0 Å². The minimum Gasteiger partial charge on any atom is -0.444 e. The van der Waals surface area contributed by atoms with Gasteiger partial charge in [0.25, 0.3) is 5.69 Å². The summed E-state index contributed by atoms with van der Waals surface area (Å²) in [6.45, 7) is 9.33. The SMILES string of the molecule is CC(C)(C)OC(=O)N1[C@H](CC/C=C\c2ccc([N+](=O)[O-])cc2)[C@@H](c2ccccc2)OC1(C)C. The van der Waals surface area contributed by atoms with Crippen molar-refractivity contribution in [2.75, 3.05) is 0 Å². The molecule has 1 aliphatic rings. The average Bonchev–Trinajstić information content (AvgIpc) is 3.01. The van der Waals surface area contributed by atoms with Gasteiger partial charge < -0.3 is 9.47 Å². The third kappa shape index (κ3) is 6.20. The summed E-state index contributed by atoms with van der Waals surface area (Å²) in [5.41, 5.74) is 0.526. The fraction of sp³-hybridized carbons (Fsp3) is 0.423. The van der Waals surface area contributed by atoms with Gasteiger partial charge in [-0.25, -0.2) is 4.79 Å². The molecule has 1 amide bonds. The number of hydrogen-bond acceptors (Lipinski definition) is 5. The van der Waals surface area contributed by atoms with Crippen LogP contribution in [0.2, 0.25) is 0 Å².